The summed E-state index contributed by atoms with van der Waals surface area (Å²) in [5.74, 6) is 6.67. The minimum Gasteiger partial charge on any atom is -0.493 e. The summed E-state index contributed by atoms with van der Waals surface area (Å²) in [4.78, 5) is 14.5. The number of nitrogens with two attached hydrogens (primary N) is 1. The third-order valence-electron chi connectivity index (χ3n) is 4.87. The number of carbonyl (C=O) groups excluding carboxylic acids is 1. The topological polar surface area (TPSA) is 86.1 Å². The summed E-state index contributed by atoms with van der Waals surface area (Å²) in [6, 6.07) is 18.8. The maximum atomic E-state index is 12.7. The third-order valence-corrected chi connectivity index (χ3v) is 5.17. The zero-order valence-corrected chi connectivity index (χ0v) is 22.8. The van der Waals surface area contributed by atoms with Crippen LogP contribution >= 0.6 is 12.6 Å². The number of likely N-dealkylation sites (N-methyl/N-ethyl adjacent to an activating group) is 1. The quantitative estimate of drug-likeness (QED) is 0.205. The zero-order chi connectivity index (χ0) is 27.8. The van der Waals surface area contributed by atoms with Crippen LogP contribution in [0.5, 0.6) is 11.5 Å². The van der Waals surface area contributed by atoms with Crippen LogP contribution in [0.3, 0.4) is 0 Å². The molecule has 0 aliphatic carbocycles. The van der Waals surface area contributed by atoms with E-state index in [0.717, 1.165) is 22.6 Å². The van der Waals surface area contributed by atoms with Gasteiger partial charge in [0.1, 0.15) is 19.0 Å². The molecule has 0 aliphatic rings. The van der Waals surface area contributed by atoms with Crippen molar-refractivity contribution in [3.05, 3.63) is 83.7 Å². The number of nitrogens with zero attached hydrogens (tertiary/aromatic N) is 1. The highest BCUT2D eigenvalue weighted by Gasteiger charge is 2.04. The average molecular weight is 540 g/mol. The van der Waals surface area contributed by atoms with Crippen LogP contribution in [0.2, 0.25) is 0 Å². The molecule has 0 bridgehead atoms. The minimum atomic E-state index is -0.297. The van der Waals surface area contributed by atoms with Gasteiger partial charge in [0.25, 0.3) is 0 Å². The molecule has 0 saturated heterocycles. The molecule has 3 rings (SSSR count). The predicted molar refractivity (Wildman–Crippen MR) is 151 cm³/mol. The van der Waals surface area contributed by atoms with Gasteiger partial charge in [-0.2, -0.15) is 0 Å². The smallest absolute Gasteiger partial charge is 0.246 e. The number of ether oxygens (including phenoxy) is 3. The molecule has 3 N–H and O–H groups in total. The number of anilines is 1. The first kappa shape index (κ1) is 30.5. The van der Waals surface area contributed by atoms with Gasteiger partial charge < -0.3 is 30.2 Å². The predicted octanol–water partition coefficient (Wildman–Crippen LogP) is 4.02. The lowest BCUT2D eigenvalue weighted by atomic mass is 10.2. The number of methoxy groups -OCH3 is 1. The highest BCUT2D eigenvalue weighted by atomic mass is 32.1. The van der Waals surface area contributed by atoms with Gasteiger partial charge in [-0.05, 0) is 68.2 Å². The summed E-state index contributed by atoms with van der Waals surface area (Å²) in [6.45, 7) is 1.93. The number of nitrogen functional groups attached to an aromatic ring is 1. The van der Waals surface area contributed by atoms with Crippen LogP contribution in [-0.4, -0.2) is 58.3 Å². The second-order valence-corrected chi connectivity index (χ2v) is 8.82. The number of amides is 1. The molecule has 0 unspecified atom stereocenters. The molecule has 38 heavy (non-hydrogen) atoms. The van der Waals surface area contributed by atoms with E-state index in [-0.39, 0.29) is 31.5 Å². The van der Waals surface area contributed by atoms with Crippen molar-refractivity contribution in [3.63, 3.8) is 0 Å². The monoisotopic (exact) mass is 539 g/mol. The standard InChI is InChI=1S/C18H16FNO2S.C11H18N2O2/c19-16-7-3-15(4-8-16)12-22-13-18(21)20-11-1-2-14-5-9-17(23)10-6-14;1-13(2)6-7-15-11-8-9(12)4-5-10(11)14-3/h3-10,23H,11-13H2,(H,20,21);4-5,8H,6-7,12H2,1-3H3. The van der Waals surface area contributed by atoms with Crippen molar-refractivity contribution in [1.82, 2.24) is 10.2 Å². The summed E-state index contributed by atoms with van der Waals surface area (Å²) < 4.78 is 28.7. The van der Waals surface area contributed by atoms with E-state index in [4.69, 9.17) is 19.9 Å². The van der Waals surface area contributed by atoms with E-state index in [1.54, 1.807) is 37.4 Å². The molecule has 0 atom stereocenters. The number of hydrogen-bond donors (Lipinski definition) is 3. The third kappa shape index (κ3) is 12.5. The summed E-state index contributed by atoms with van der Waals surface area (Å²) in [7, 11) is 5.62. The lowest BCUT2D eigenvalue weighted by Crippen LogP contribution is -2.27. The van der Waals surface area contributed by atoms with Crippen LogP contribution < -0.4 is 20.5 Å². The van der Waals surface area contributed by atoms with Crippen LogP contribution in [0.1, 0.15) is 11.1 Å². The van der Waals surface area contributed by atoms with Gasteiger partial charge in [0.05, 0.1) is 20.3 Å². The fourth-order valence-electron chi connectivity index (χ4n) is 2.87. The number of carbonyl (C=O) groups is 1. The molecule has 9 heteroatoms. The summed E-state index contributed by atoms with van der Waals surface area (Å²) in [5.41, 5.74) is 8.02. The molecule has 3 aromatic rings. The summed E-state index contributed by atoms with van der Waals surface area (Å²) in [6.07, 6.45) is 0. The van der Waals surface area contributed by atoms with Crippen molar-refractivity contribution in [2.45, 2.75) is 11.5 Å². The van der Waals surface area contributed by atoms with Gasteiger partial charge in [-0.3, -0.25) is 4.79 Å². The lowest BCUT2D eigenvalue weighted by Gasteiger charge is -2.13. The largest absolute Gasteiger partial charge is 0.493 e. The van der Waals surface area contributed by atoms with Crippen molar-refractivity contribution < 1.29 is 23.4 Å². The Morgan fingerprint density at radius 2 is 1.76 bits per heavy atom. The van der Waals surface area contributed by atoms with Gasteiger partial charge in [0.15, 0.2) is 11.5 Å². The first-order valence-corrected chi connectivity index (χ1v) is 12.3. The van der Waals surface area contributed by atoms with Crippen molar-refractivity contribution in [1.29, 1.82) is 0 Å². The number of hydrogen-bond acceptors (Lipinski definition) is 7. The van der Waals surface area contributed by atoms with E-state index >= 15 is 0 Å². The number of benzene rings is 3. The average Bonchev–Trinajstić information content (AvgIpc) is 2.89. The van der Waals surface area contributed by atoms with Crippen LogP contribution in [0.25, 0.3) is 0 Å². The molecular formula is C29H34FN3O4S. The summed E-state index contributed by atoms with van der Waals surface area (Å²) in [5, 5.41) is 2.65. The molecule has 0 aromatic heterocycles. The molecule has 0 aliphatic heterocycles. The van der Waals surface area contributed by atoms with E-state index in [1.165, 1.54) is 12.1 Å². The van der Waals surface area contributed by atoms with Crippen LogP contribution in [0, 0.1) is 17.7 Å². The van der Waals surface area contributed by atoms with E-state index < -0.39 is 0 Å². The molecule has 0 spiro atoms. The molecule has 0 heterocycles. The van der Waals surface area contributed by atoms with E-state index in [1.807, 2.05) is 38.4 Å². The fraction of sp³-hybridized carbons (Fsp3) is 0.276. The van der Waals surface area contributed by atoms with E-state index in [9.17, 15) is 9.18 Å². The minimum absolute atomic E-state index is 0.0621. The summed E-state index contributed by atoms with van der Waals surface area (Å²) >= 11 is 4.19. The van der Waals surface area contributed by atoms with Gasteiger partial charge in [-0.1, -0.05) is 24.0 Å². The molecule has 3 aromatic carbocycles. The number of halogens is 1. The molecule has 0 fully saturated rings. The molecule has 0 radical (unpaired) electrons. The highest BCUT2D eigenvalue weighted by molar-refractivity contribution is 7.80. The number of rotatable bonds is 10. The zero-order valence-electron chi connectivity index (χ0n) is 21.9. The Balaban J connectivity index is 0.000000293. The number of thiol groups is 1. The Morgan fingerprint density at radius 3 is 2.42 bits per heavy atom. The van der Waals surface area contributed by atoms with Crippen molar-refractivity contribution in [3.8, 4) is 23.3 Å². The Labute approximate surface area is 229 Å². The Kier molecular flexibility index (Phi) is 13.6. The maximum absolute atomic E-state index is 12.7. The lowest BCUT2D eigenvalue weighted by molar-refractivity contribution is -0.125. The van der Waals surface area contributed by atoms with Gasteiger partial charge >= 0.3 is 0 Å². The molecule has 7 nitrogen and oxygen atoms in total. The van der Waals surface area contributed by atoms with E-state index in [2.05, 4.69) is 34.7 Å². The fourth-order valence-corrected chi connectivity index (χ4v) is 3.02. The highest BCUT2D eigenvalue weighted by Crippen LogP contribution is 2.28. The Hall–Kier alpha value is -3.71. The Bertz CT molecular complexity index is 1190. The number of nitrogens with one attached hydrogen (secondary N) is 1. The first-order valence-electron chi connectivity index (χ1n) is 11.8. The van der Waals surface area contributed by atoms with E-state index in [0.29, 0.717) is 23.8 Å². The SMILES string of the molecule is COc1ccc(N)cc1OCCN(C)C.O=C(COCc1ccc(F)cc1)NCC#Cc1ccc(S)cc1. The molecule has 202 valence electrons. The Morgan fingerprint density at radius 1 is 1.05 bits per heavy atom. The first-order chi connectivity index (χ1) is 18.3. The molecule has 1 amide bonds. The van der Waals surface area contributed by atoms with Gasteiger partial charge in [-0.25, -0.2) is 4.39 Å². The molecule has 0 saturated carbocycles. The van der Waals surface area contributed by atoms with Crippen molar-refractivity contribution >= 4 is 24.2 Å². The second kappa shape index (κ2) is 16.9. The van der Waals surface area contributed by atoms with Crippen LogP contribution in [-0.2, 0) is 16.1 Å². The second-order valence-electron chi connectivity index (χ2n) is 8.31. The maximum Gasteiger partial charge on any atom is 0.246 e. The van der Waals surface area contributed by atoms with Gasteiger partial charge in [0, 0.05) is 28.8 Å². The van der Waals surface area contributed by atoms with Crippen molar-refractivity contribution in [2.24, 2.45) is 0 Å². The van der Waals surface area contributed by atoms with Crippen LogP contribution in [0.4, 0.5) is 10.1 Å². The van der Waals surface area contributed by atoms with Crippen molar-refractivity contribution in [2.75, 3.05) is 53.2 Å². The normalized spacial score (nSPS) is 10.1. The van der Waals surface area contributed by atoms with Crippen LogP contribution in [0.15, 0.2) is 71.6 Å². The van der Waals surface area contributed by atoms with Gasteiger partial charge in [-0.15, -0.1) is 12.6 Å². The molecular weight excluding hydrogens is 505 g/mol. The van der Waals surface area contributed by atoms with Gasteiger partial charge in [0.2, 0.25) is 5.91 Å².